The maximum atomic E-state index is 5.39. The van der Waals surface area contributed by atoms with E-state index in [-0.39, 0.29) is 0 Å². The first-order valence-electron chi connectivity index (χ1n) is 5.15. The zero-order valence-electron chi connectivity index (χ0n) is 9.39. The maximum absolute atomic E-state index is 5.39. The van der Waals surface area contributed by atoms with Gasteiger partial charge in [0.15, 0.2) is 0 Å². The molecular formula is C10H17BrN2O3. The van der Waals surface area contributed by atoms with Crippen molar-refractivity contribution in [2.75, 3.05) is 40.1 Å². The topological polar surface area (TPSA) is 45.5 Å². The average Bonchev–Trinajstić information content (AvgIpc) is 2.68. The molecule has 0 aliphatic heterocycles. The smallest absolute Gasteiger partial charge is 0.0701 e. The lowest BCUT2D eigenvalue weighted by atomic mass is 10.6. The number of hydrogen-bond donors (Lipinski definition) is 0. The van der Waals surface area contributed by atoms with Crippen LogP contribution in [0.3, 0.4) is 0 Å². The van der Waals surface area contributed by atoms with Gasteiger partial charge in [0.05, 0.1) is 50.2 Å². The van der Waals surface area contributed by atoms with E-state index in [0.29, 0.717) is 33.0 Å². The third-order valence-electron chi connectivity index (χ3n) is 1.87. The molecule has 0 aromatic carbocycles. The summed E-state index contributed by atoms with van der Waals surface area (Å²) in [6.45, 7) is 3.84. The molecule has 16 heavy (non-hydrogen) atoms. The van der Waals surface area contributed by atoms with E-state index in [9.17, 15) is 0 Å². The number of rotatable bonds is 9. The first kappa shape index (κ1) is 13.6. The van der Waals surface area contributed by atoms with Crippen LogP contribution in [0.25, 0.3) is 0 Å². The highest BCUT2D eigenvalue weighted by atomic mass is 79.9. The Morgan fingerprint density at radius 2 is 1.88 bits per heavy atom. The molecule has 1 aromatic rings. The van der Waals surface area contributed by atoms with Crippen LogP contribution in [0.5, 0.6) is 0 Å². The summed E-state index contributed by atoms with van der Waals surface area (Å²) in [5, 5.41) is 4.12. The lowest BCUT2D eigenvalue weighted by Gasteiger charge is -2.05. The molecule has 6 heteroatoms. The molecule has 0 fully saturated rings. The van der Waals surface area contributed by atoms with Crippen molar-refractivity contribution in [2.45, 2.75) is 6.54 Å². The molecule has 5 nitrogen and oxygen atoms in total. The molecule has 1 heterocycles. The molecule has 0 radical (unpaired) electrons. The first-order chi connectivity index (χ1) is 7.83. The Morgan fingerprint density at radius 1 is 1.19 bits per heavy atom. The monoisotopic (exact) mass is 292 g/mol. The largest absolute Gasteiger partial charge is 0.382 e. The van der Waals surface area contributed by atoms with Crippen LogP contribution in [0.1, 0.15) is 0 Å². The van der Waals surface area contributed by atoms with Crippen molar-refractivity contribution in [3.05, 3.63) is 16.9 Å². The third-order valence-corrected chi connectivity index (χ3v) is 2.28. The molecule has 0 spiro atoms. The molecule has 0 N–H and O–H groups in total. The second kappa shape index (κ2) is 8.69. The van der Waals surface area contributed by atoms with Crippen LogP contribution in [-0.4, -0.2) is 49.9 Å². The van der Waals surface area contributed by atoms with Crippen molar-refractivity contribution in [1.29, 1.82) is 0 Å². The summed E-state index contributed by atoms with van der Waals surface area (Å²) in [7, 11) is 1.65. The molecule has 0 atom stereocenters. The standard InChI is InChI=1S/C10H17BrN2O3/c1-14-4-5-16-7-6-15-3-2-13-9-10(11)8-12-13/h8-9H,2-7H2,1H3. The Balaban J connectivity index is 1.88. The summed E-state index contributed by atoms with van der Waals surface area (Å²) < 4.78 is 18.3. The summed E-state index contributed by atoms with van der Waals surface area (Å²) in [6, 6.07) is 0. The Labute approximate surface area is 104 Å². The summed E-state index contributed by atoms with van der Waals surface area (Å²) in [6.07, 6.45) is 3.67. The van der Waals surface area contributed by atoms with E-state index in [4.69, 9.17) is 14.2 Å². The quantitative estimate of drug-likeness (QED) is 0.644. The molecule has 0 aliphatic rings. The third kappa shape index (κ3) is 6.22. The van der Waals surface area contributed by atoms with E-state index < -0.39 is 0 Å². The summed E-state index contributed by atoms with van der Waals surface area (Å²) in [5.41, 5.74) is 0. The lowest BCUT2D eigenvalue weighted by Crippen LogP contribution is -2.11. The second-order valence-corrected chi connectivity index (χ2v) is 4.05. The van der Waals surface area contributed by atoms with Gasteiger partial charge in [-0.05, 0) is 15.9 Å². The van der Waals surface area contributed by atoms with Gasteiger partial charge in [-0.25, -0.2) is 0 Å². The molecule has 1 rings (SSSR count). The molecule has 92 valence electrons. The van der Waals surface area contributed by atoms with E-state index in [1.807, 2.05) is 10.9 Å². The van der Waals surface area contributed by atoms with Gasteiger partial charge in [0.1, 0.15) is 0 Å². The Kier molecular flexibility index (Phi) is 7.41. The van der Waals surface area contributed by atoms with E-state index in [2.05, 4.69) is 21.0 Å². The van der Waals surface area contributed by atoms with Crippen molar-refractivity contribution < 1.29 is 14.2 Å². The highest BCUT2D eigenvalue weighted by molar-refractivity contribution is 9.10. The summed E-state index contributed by atoms with van der Waals surface area (Å²) >= 11 is 3.33. The van der Waals surface area contributed by atoms with Crippen LogP contribution >= 0.6 is 15.9 Å². The minimum atomic E-state index is 0.603. The lowest BCUT2D eigenvalue weighted by molar-refractivity contribution is 0.0225. The van der Waals surface area contributed by atoms with Gasteiger partial charge < -0.3 is 14.2 Å². The number of halogens is 1. The van der Waals surface area contributed by atoms with Gasteiger partial charge in [-0.1, -0.05) is 0 Å². The van der Waals surface area contributed by atoms with Crippen LogP contribution in [0, 0.1) is 0 Å². The Bertz CT molecular complexity index is 281. The second-order valence-electron chi connectivity index (χ2n) is 3.14. The molecule has 0 unspecified atom stereocenters. The number of aromatic nitrogens is 2. The van der Waals surface area contributed by atoms with Crippen LogP contribution in [-0.2, 0) is 20.8 Å². The summed E-state index contributed by atoms with van der Waals surface area (Å²) in [5.74, 6) is 0. The van der Waals surface area contributed by atoms with E-state index >= 15 is 0 Å². The van der Waals surface area contributed by atoms with Gasteiger partial charge in [-0.15, -0.1) is 0 Å². The number of nitrogens with zero attached hydrogens (tertiary/aromatic N) is 2. The fraction of sp³-hybridized carbons (Fsp3) is 0.700. The van der Waals surface area contributed by atoms with Gasteiger partial charge in [0.25, 0.3) is 0 Å². The van der Waals surface area contributed by atoms with Crippen molar-refractivity contribution >= 4 is 15.9 Å². The van der Waals surface area contributed by atoms with Crippen LogP contribution < -0.4 is 0 Å². The number of ether oxygens (including phenoxy) is 3. The molecule has 0 saturated carbocycles. The molecular weight excluding hydrogens is 276 g/mol. The van der Waals surface area contributed by atoms with Crippen molar-refractivity contribution in [3.8, 4) is 0 Å². The normalized spacial score (nSPS) is 10.9. The predicted octanol–water partition coefficient (Wildman–Crippen LogP) is 1.33. The van der Waals surface area contributed by atoms with Crippen molar-refractivity contribution in [3.63, 3.8) is 0 Å². The van der Waals surface area contributed by atoms with Gasteiger partial charge in [0.2, 0.25) is 0 Å². The Morgan fingerprint density at radius 3 is 2.50 bits per heavy atom. The summed E-state index contributed by atoms with van der Waals surface area (Å²) in [4.78, 5) is 0. The van der Waals surface area contributed by atoms with E-state index in [1.54, 1.807) is 13.3 Å². The minimum absolute atomic E-state index is 0.603. The molecule has 0 amide bonds. The predicted molar refractivity (Wildman–Crippen MR) is 63.4 cm³/mol. The van der Waals surface area contributed by atoms with Crippen LogP contribution in [0.4, 0.5) is 0 Å². The minimum Gasteiger partial charge on any atom is -0.382 e. The van der Waals surface area contributed by atoms with Gasteiger partial charge in [-0.2, -0.15) is 5.10 Å². The van der Waals surface area contributed by atoms with E-state index in [0.717, 1.165) is 11.0 Å². The molecule has 0 aliphatic carbocycles. The van der Waals surface area contributed by atoms with Crippen molar-refractivity contribution in [2.24, 2.45) is 0 Å². The zero-order chi connectivity index (χ0) is 11.6. The fourth-order valence-electron chi connectivity index (χ4n) is 1.08. The van der Waals surface area contributed by atoms with Crippen LogP contribution in [0.15, 0.2) is 16.9 Å². The molecule has 0 saturated heterocycles. The molecule has 1 aromatic heterocycles. The number of methoxy groups -OCH3 is 1. The highest BCUT2D eigenvalue weighted by Crippen LogP contribution is 2.05. The fourth-order valence-corrected chi connectivity index (χ4v) is 1.41. The maximum Gasteiger partial charge on any atom is 0.0701 e. The highest BCUT2D eigenvalue weighted by Gasteiger charge is 1.95. The van der Waals surface area contributed by atoms with Crippen LogP contribution in [0.2, 0.25) is 0 Å². The number of hydrogen-bond acceptors (Lipinski definition) is 4. The first-order valence-corrected chi connectivity index (χ1v) is 5.94. The van der Waals surface area contributed by atoms with Gasteiger partial charge >= 0.3 is 0 Å². The SMILES string of the molecule is COCCOCCOCCn1cc(Br)cn1. The van der Waals surface area contributed by atoms with Crippen molar-refractivity contribution in [1.82, 2.24) is 9.78 Å². The van der Waals surface area contributed by atoms with Gasteiger partial charge in [0, 0.05) is 13.3 Å². The zero-order valence-corrected chi connectivity index (χ0v) is 11.0. The Hall–Kier alpha value is -0.430. The van der Waals surface area contributed by atoms with Gasteiger partial charge in [-0.3, -0.25) is 4.68 Å². The van der Waals surface area contributed by atoms with E-state index in [1.165, 1.54) is 0 Å². The average molecular weight is 293 g/mol. The molecule has 0 bridgehead atoms.